The number of nitrogens with zero attached hydrogens (tertiary/aromatic N) is 2. The third-order valence-corrected chi connectivity index (χ3v) is 8.08. The van der Waals surface area contributed by atoms with Crippen LogP contribution in [0, 0.1) is 18.3 Å². The molecule has 3 aromatic carbocycles. The van der Waals surface area contributed by atoms with Gasteiger partial charge in [-0.2, -0.15) is 9.57 Å². The van der Waals surface area contributed by atoms with E-state index in [1.807, 2.05) is 49.4 Å². The lowest BCUT2D eigenvalue weighted by Gasteiger charge is -2.22. The van der Waals surface area contributed by atoms with Crippen molar-refractivity contribution in [3.63, 3.8) is 0 Å². The molecule has 1 saturated carbocycles. The Morgan fingerprint density at radius 2 is 1.78 bits per heavy atom. The largest absolute Gasteiger partial charge is 0.494 e. The average Bonchev–Trinajstić information content (AvgIpc) is 3.67. The van der Waals surface area contributed by atoms with E-state index in [4.69, 9.17) is 4.74 Å². The van der Waals surface area contributed by atoms with Gasteiger partial charge in [0.2, 0.25) is 15.9 Å². The van der Waals surface area contributed by atoms with Gasteiger partial charge in [-0.3, -0.25) is 4.79 Å². The maximum absolute atomic E-state index is 13.6. The van der Waals surface area contributed by atoms with Gasteiger partial charge < -0.3 is 10.1 Å². The van der Waals surface area contributed by atoms with Crippen molar-refractivity contribution in [1.29, 1.82) is 5.26 Å². The van der Waals surface area contributed by atoms with E-state index in [-0.39, 0.29) is 18.0 Å². The molecular weight excluding hydrogens is 474 g/mol. The third kappa shape index (κ3) is 5.59. The van der Waals surface area contributed by atoms with Crippen molar-refractivity contribution in [1.82, 2.24) is 4.31 Å². The Kier molecular flexibility index (Phi) is 7.43. The van der Waals surface area contributed by atoms with Gasteiger partial charge in [-0.05, 0) is 73.7 Å². The van der Waals surface area contributed by atoms with Gasteiger partial charge in [-0.25, -0.2) is 8.42 Å². The van der Waals surface area contributed by atoms with Crippen molar-refractivity contribution in [3.05, 3.63) is 89.5 Å². The summed E-state index contributed by atoms with van der Waals surface area (Å²) in [4.78, 5) is 13.1. The van der Waals surface area contributed by atoms with E-state index >= 15 is 0 Å². The highest BCUT2D eigenvalue weighted by atomic mass is 32.2. The van der Waals surface area contributed by atoms with E-state index in [1.54, 1.807) is 31.2 Å². The van der Waals surface area contributed by atoms with Crippen LogP contribution in [0.4, 0.5) is 5.69 Å². The summed E-state index contributed by atoms with van der Waals surface area (Å²) in [5.74, 6) is 0.169. The number of sulfonamides is 1. The number of amides is 1. The number of anilines is 1. The minimum Gasteiger partial charge on any atom is -0.494 e. The van der Waals surface area contributed by atoms with Crippen LogP contribution in [0.15, 0.2) is 77.7 Å². The average molecular weight is 504 g/mol. The van der Waals surface area contributed by atoms with Crippen LogP contribution in [-0.4, -0.2) is 31.8 Å². The van der Waals surface area contributed by atoms with E-state index in [1.165, 1.54) is 10.4 Å². The molecule has 36 heavy (non-hydrogen) atoms. The second-order valence-electron chi connectivity index (χ2n) is 8.94. The molecule has 7 nitrogen and oxygen atoms in total. The van der Waals surface area contributed by atoms with Gasteiger partial charge in [0.15, 0.2) is 0 Å². The van der Waals surface area contributed by atoms with Crippen LogP contribution in [0.25, 0.3) is 0 Å². The van der Waals surface area contributed by atoms with Crippen molar-refractivity contribution in [3.8, 4) is 11.8 Å². The Morgan fingerprint density at radius 1 is 1.08 bits per heavy atom. The van der Waals surface area contributed by atoms with Crippen LogP contribution < -0.4 is 10.1 Å². The first kappa shape index (κ1) is 25.4. The van der Waals surface area contributed by atoms with Gasteiger partial charge in [0.25, 0.3) is 0 Å². The Morgan fingerprint density at radius 3 is 2.36 bits per heavy atom. The number of nitriles is 1. The molecule has 8 heteroatoms. The zero-order valence-electron chi connectivity index (χ0n) is 20.4. The number of benzene rings is 3. The topological polar surface area (TPSA) is 99.5 Å². The first-order chi connectivity index (χ1) is 17.3. The molecule has 0 atom stereocenters. The lowest BCUT2D eigenvalue weighted by atomic mass is 9.98. The lowest BCUT2D eigenvalue weighted by molar-refractivity contribution is -0.116. The molecular formula is C28H29N3O4S. The van der Waals surface area contributed by atoms with Crippen molar-refractivity contribution in [2.24, 2.45) is 0 Å². The highest BCUT2D eigenvalue weighted by Crippen LogP contribution is 2.47. The maximum atomic E-state index is 13.6. The highest BCUT2D eigenvalue weighted by molar-refractivity contribution is 7.89. The van der Waals surface area contributed by atoms with Gasteiger partial charge in [0, 0.05) is 12.2 Å². The summed E-state index contributed by atoms with van der Waals surface area (Å²) >= 11 is 0. The fourth-order valence-electron chi connectivity index (χ4n) is 4.09. The van der Waals surface area contributed by atoms with Gasteiger partial charge in [0.1, 0.15) is 5.75 Å². The van der Waals surface area contributed by atoms with E-state index in [2.05, 4.69) is 11.4 Å². The van der Waals surface area contributed by atoms with Gasteiger partial charge in [-0.15, -0.1) is 0 Å². The number of carbonyl (C=O) groups excluding carboxylic acids is 1. The quantitative estimate of drug-likeness (QED) is 0.429. The molecule has 1 N–H and O–H groups in total. The molecule has 1 fully saturated rings. The van der Waals surface area contributed by atoms with E-state index in [9.17, 15) is 18.5 Å². The van der Waals surface area contributed by atoms with E-state index < -0.39 is 21.3 Å². The van der Waals surface area contributed by atoms with Crippen molar-refractivity contribution >= 4 is 21.6 Å². The summed E-state index contributed by atoms with van der Waals surface area (Å²) in [5, 5.41) is 12.2. The number of aryl methyl sites for hydroxylation is 1. The minimum atomic E-state index is -3.98. The molecule has 0 unspecified atom stereocenters. The molecule has 0 spiro atoms. The Bertz CT molecular complexity index is 1380. The summed E-state index contributed by atoms with van der Waals surface area (Å²) < 4.78 is 33.9. The monoisotopic (exact) mass is 503 g/mol. The van der Waals surface area contributed by atoms with Crippen LogP contribution >= 0.6 is 0 Å². The number of carbonyl (C=O) groups is 1. The first-order valence-electron chi connectivity index (χ1n) is 11.9. The molecule has 0 aliphatic heterocycles. The first-order valence-corrected chi connectivity index (χ1v) is 13.3. The fraction of sp³-hybridized carbons (Fsp3) is 0.286. The maximum Gasteiger partial charge on any atom is 0.243 e. The van der Waals surface area contributed by atoms with Crippen LogP contribution in [-0.2, 0) is 26.8 Å². The van der Waals surface area contributed by atoms with Crippen molar-refractivity contribution < 1.29 is 17.9 Å². The van der Waals surface area contributed by atoms with Crippen molar-refractivity contribution in [2.45, 2.75) is 43.5 Å². The van der Waals surface area contributed by atoms with Gasteiger partial charge in [0.05, 0.1) is 29.5 Å². The molecule has 0 bridgehead atoms. The SMILES string of the molecule is CCOc1ccc(S(=O)(=O)N(CC(=O)Nc2ccc(C3(C#N)CC3)cc2)Cc2ccccc2)cc1C. The normalized spacial score (nSPS) is 14.2. The highest BCUT2D eigenvalue weighted by Gasteiger charge is 2.44. The number of nitrogens with one attached hydrogen (secondary N) is 1. The minimum absolute atomic E-state index is 0.0481. The number of ether oxygens (including phenoxy) is 1. The number of hydrogen-bond donors (Lipinski definition) is 1. The molecule has 186 valence electrons. The predicted octanol–water partition coefficient (Wildman–Crippen LogP) is 4.78. The summed E-state index contributed by atoms with van der Waals surface area (Å²) in [6.07, 6.45) is 1.68. The summed E-state index contributed by atoms with van der Waals surface area (Å²) in [7, 11) is -3.98. The summed E-state index contributed by atoms with van der Waals surface area (Å²) in [5.41, 5.74) is 2.55. The molecule has 1 aliphatic rings. The van der Waals surface area contributed by atoms with Gasteiger partial charge in [-0.1, -0.05) is 42.5 Å². The zero-order chi connectivity index (χ0) is 25.8. The second kappa shape index (κ2) is 10.5. The molecule has 0 radical (unpaired) electrons. The molecule has 0 aromatic heterocycles. The second-order valence-corrected chi connectivity index (χ2v) is 10.9. The van der Waals surface area contributed by atoms with Crippen LogP contribution in [0.1, 0.15) is 36.5 Å². The molecule has 1 amide bonds. The van der Waals surface area contributed by atoms with Crippen molar-refractivity contribution in [2.75, 3.05) is 18.5 Å². The zero-order valence-corrected chi connectivity index (χ0v) is 21.2. The van der Waals surface area contributed by atoms with Crippen LogP contribution in [0.5, 0.6) is 5.75 Å². The third-order valence-electron chi connectivity index (χ3n) is 6.29. The van der Waals surface area contributed by atoms with Crippen LogP contribution in [0.2, 0.25) is 0 Å². The molecule has 4 rings (SSSR count). The number of hydrogen-bond acceptors (Lipinski definition) is 5. The van der Waals surface area contributed by atoms with Gasteiger partial charge >= 0.3 is 0 Å². The fourth-order valence-corrected chi connectivity index (χ4v) is 5.56. The summed E-state index contributed by atoms with van der Waals surface area (Å²) in [6, 6.07) is 23.4. The molecule has 0 saturated heterocycles. The van der Waals surface area contributed by atoms with Crippen LogP contribution in [0.3, 0.4) is 0 Å². The molecule has 0 heterocycles. The number of rotatable bonds is 10. The molecule has 1 aliphatic carbocycles. The Hall–Kier alpha value is -3.67. The Labute approximate surface area is 212 Å². The van der Waals surface area contributed by atoms with E-state index in [0.717, 1.165) is 24.0 Å². The molecule has 3 aromatic rings. The predicted molar refractivity (Wildman–Crippen MR) is 138 cm³/mol. The summed E-state index contributed by atoms with van der Waals surface area (Å²) in [6.45, 7) is 3.83. The lowest BCUT2D eigenvalue weighted by Crippen LogP contribution is -2.37. The Balaban J connectivity index is 1.55. The standard InChI is InChI=1S/C28H29N3O4S/c1-3-35-26-14-13-25(17-21(26)2)36(33,34)31(18-22-7-5-4-6-8-22)19-27(32)30-24-11-9-23(10-12-24)28(20-29)15-16-28/h4-14,17H,3,15-16,18-19H2,1-2H3,(H,30,32). The van der Waals surface area contributed by atoms with E-state index in [0.29, 0.717) is 23.6 Å². The smallest absolute Gasteiger partial charge is 0.243 e.